The van der Waals surface area contributed by atoms with Crippen LogP contribution in [0.1, 0.15) is 19.4 Å². The van der Waals surface area contributed by atoms with Gasteiger partial charge in [0.1, 0.15) is 27.7 Å². The minimum Gasteiger partial charge on any atom is -0.497 e. The highest BCUT2D eigenvalue weighted by atomic mass is 32.2. The van der Waals surface area contributed by atoms with Crippen molar-refractivity contribution in [2.45, 2.75) is 31.3 Å². The van der Waals surface area contributed by atoms with Crippen LogP contribution in [-0.2, 0) is 21.4 Å². The van der Waals surface area contributed by atoms with Crippen LogP contribution in [0.4, 0.5) is 0 Å². The highest BCUT2D eigenvalue weighted by Gasteiger charge is 2.29. The van der Waals surface area contributed by atoms with Gasteiger partial charge >= 0.3 is 0 Å². The van der Waals surface area contributed by atoms with Crippen LogP contribution in [0.5, 0.6) is 5.75 Å². The molecule has 0 radical (unpaired) electrons. The fourth-order valence-electron chi connectivity index (χ4n) is 2.80. The predicted octanol–water partition coefficient (Wildman–Crippen LogP) is 2.32. The predicted molar refractivity (Wildman–Crippen MR) is 111 cm³/mol. The molecule has 2 aromatic carbocycles. The van der Waals surface area contributed by atoms with Crippen molar-refractivity contribution < 1.29 is 17.9 Å². The van der Waals surface area contributed by atoms with E-state index in [1.54, 1.807) is 33.1 Å². The Bertz CT molecular complexity index is 1110. The maximum absolute atomic E-state index is 13.0. The fraction of sp³-hybridized carbons (Fsp3) is 0.316. The molecule has 0 aliphatic carbocycles. The minimum absolute atomic E-state index is 0.00926. The number of rotatable bonds is 8. The summed E-state index contributed by atoms with van der Waals surface area (Å²) in [5.41, 5.74) is 1.65. The van der Waals surface area contributed by atoms with Gasteiger partial charge in [0.25, 0.3) is 0 Å². The van der Waals surface area contributed by atoms with Crippen molar-refractivity contribution in [1.29, 1.82) is 0 Å². The van der Waals surface area contributed by atoms with Gasteiger partial charge in [0.2, 0.25) is 15.9 Å². The summed E-state index contributed by atoms with van der Waals surface area (Å²) in [6, 6.07) is 11.1. The zero-order valence-corrected chi connectivity index (χ0v) is 17.9. The number of nitrogens with zero attached hydrogens (tertiary/aromatic N) is 2. The lowest BCUT2D eigenvalue weighted by atomic mass is 10.0. The topological polar surface area (TPSA) is 110 Å². The minimum atomic E-state index is -3.97. The smallest absolute Gasteiger partial charge is 0.243 e. The summed E-state index contributed by atoms with van der Waals surface area (Å²) in [4.78, 5) is 12.7. The van der Waals surface area contributed by atoms with Crippen LogP contribution in [-0.4, -0.2) is 36.2 Å². The number of carbonyl (C=O) groups excluding carboxylic acids is 1. The van der Waals surface area contributed by atoms with E-state index in [9.17, 15) is 13.2 Å². The van der Waals surface area contributed by atoms with E-state index in [0.717, 1.165) is 17.3 Å². The Morgan fingerprint density at radius 3 is 2.66 bits per heavy atom. The molecule has 0 aliphatic heterocycles. The van der Waals surface area contributed by atoms with Crippen molar-refractivity contribution in [2.24, 2.45) is 5.92 Å². The Morgan fingerprint density at radius 1 is 1.17 bits per heavy atom. The molecule has 1 atom stereocenters. The summed E-state index contributed by atoms with van der Waals surface area (Å²) in [7, 11) is -2.40. The molecule has 1 aromatic heterocycles. The first-order chi connectivity index (χ1) is 13.8. The van der Waals surface area contributed by atoms with Gasteiger partial charge in [-0.2, -0.15) is 13.5 Å². The molecule has 0 saturated carbocycles. The Balaban J connectivity index is 1.76. The van der Waals surface area contributed by atoms with Crippen LogP contribution < -0.4 is 14.8 Å². The van der Waals surface area contributed by atoms with E-state index in [0.29, 0.717) is 16.8 Å². The number of nitrogens with one attached hydrogen (secondary N) is 2. The van der Waals surface area contributed by atoms with Gasteiger partial charge in [-0.05, 0) is 35.7 Å². The second kappa shape index (κ2) is 8.85. The van der Waals surface area contributed by atoms with Gasteiger partial charge < -0.3 is 10.1 Å². The van der Waals surface area contributed by atoms with Crippen LogP contribution >= 0.6 is 11.7 Å². The highest BCUT2D eigenvalue weighted by Crippen LogP contribution is 2.22. The highest BCUT2D eigenvalue weighted by molar-refractivity contribution is 7.89. The van der Waals surface area contributed by atoms with E-state index in [4.69, 9.17) is 4.74 Å². The molecule has 3 aromatic rings. The van der Waals surface area contributed by atoms with Crippen LogP contribution in [0.3, 0.4) is 0 Å². The second-order valence-electron chi connectivity index (χ2n) is 6.80. The van der Waals surface area contributed by atoms with E-state index in [1.165, 1.54) is 6.07 Å². The fourth-order valence-corrected chi connectivity index (χ4v) is 4.91. The Morgan fingerprint density at radius 2 is 1.93 bits per heavy atom. The van der Waals surface area contributed by atoms with Crippen LogP contribution in [0.15, 0.2) is 47.4 Å². The molecule has 0 fully saturated rings. The van der Waals surface area contributed by atoms with E-state index in [2.05, 4.69) is 18.8 Å². The molecular formula is C19H22N4O4S2. The first-order valence-electron chi connectivity index (χ1n) is 8.96. The first-order valence-corrected chi connectivity index (χ1v) is 11.2. The van der Waals surface area contributed by atoms with E-state index in [-0.39, 0.29) is 17.4 Å². The Kier molecular flexibility index (Phi) is 6.46. The maximum Gasteiger partial charge on any atom is 0.243 e. The lowest BCUT2D eigenvalue weighted by molar-refractivity contribution is -0.123. The molecule has 0 saturated heterocycles. The summed E-state index contributed by atoms with van der Waals surface area (Å²) in [5.74, 6) is 0.0145. The van der Waals surface area contributed by atoms with E-state index < -0.39 is 22.0 Å². The monoisotopic (exact) mass is 434 g/mol. The third kappa shape index (κ3) is 4.89. The summed E-state index contributed by atoms with van der Waals surface area (Å²) >= 11 is 0.942. The van der Waals surface area contributed by atoms with Crippen molar-refractivity contribution in [3.05, 3.63) is 48.0 Å². The van der Waals surface area contributed by atoms with Gasteiger partial charge in [-0.25, -0.2) is 8.42 Å². The third-order valence-corrected chi connectivity index (χ3v) is 6.39. The molecule has 2 N–H and O–H groups in total. The van der Waals surface area contributed by atoms with Crippen molar-refractivity contribution in [1.82, 2.24) is 18.8 Å². The summed E-state index contributed by atoms with van der Waals surface area (Å²) in [6.45, 7) is 3.82. The maximum atomic E-state index is 13.0. The van der Waals surface area contributed by atoms with Crippen molar-refractivity contribution in [3.8, 4) is 5.75 Å². The SMILES string of the molecule is COc1cccc(CNC(=O)[C@@H](NS(=O)(=O)c2cccc3nsnc23)C(C)C)c1. The molecular weight excluding hydrogens is 412 g/mol. The van der Waals surface area contributed by atoms with Crippen LogP contribution in [0.25, 0.3) is 11.0 Å². The average molecular weight is 435 g/mol. The number of carbonyl (C=O) groups is 1. The standard InChI is InChI=1S/C19H22N4O4S2/c1-12(2)17(19(24)20-11-13-6-4-7-14(10-13)27-3)23-29(25,26)16-9-5-8-15-18(16)22-28-21-15/h4-10,12,17,23H,11H2,1-3H3,(H,20,24)/t17-/m0/s1. The van der Waals surface area contributed by atoms with Gasteiger partial charge in [0.05, 0.1) is 18.8 Å². The number of amides is 1. The molecule has 8 nitrogen and oxygen atoms in total. The van der Waals surface area contributed by atoms with Gasteiger partial charge in [0.15, 0.2) is 0 Å². The molecule has 10 heteroatoms. The molecule has 0 spiro atoms. The average Bonchev–Trinajstić information content (AvgIpc) is 3.19. The number of sulfonamides is 1. The number of fused-ring (bicyclic) bond motifs is 1. The number of hydrogen-bond donors (Lipinski definition) is 2. The Hall–Kier alpha value is -2.56. The van der Waals surface area contributed by atoms with Gasteiger partial charge in [0, 0.05) is 6.54 Å². The molecule has 1 amide bonds. The lowest BCUT2D eigenvalue weighted by Crippen LogP contribution is -2.49. The van der Waals surface area contributed by atoms with Crippen molar-refractivity contribution in [3.63, 3.8) is 0 Å². The molecule has 3 rings (SSSR count). The quantitative estimate of drug-likeness (QED) is 0.563. The number of hydrogen-bond acceptors (Lipinski definition) is 7. The Labute approximate surface area is 173 Å². The largest absolute Gasteiger partial charge is 0.497 e. The first kappa shape index (κ1) is 21.2. The molecule has 154 valence electrons. The third-order valence-electron chi connectivity index (χ3n) is 4.37. The number of methoxy groups -OCH3 is 1. The molecule has 0 unspecified atom stereocenters. The zero-order chi connectivity index (χ0) is 21.0. The second-order valence-corrected chi connectivity index (χ2v) is 9.01. The molecule has 0 aliphatic rings. The number of ether oxygens (including phenoxy) is 1. The van der Waals surface area contributed by atoms with Gasteiger partial charge in [-0.3, -0.25) is 4.79 Å². The molecule has 1 heterocycles. The summed E-state index contributed by atoms with van der Waals surface area (Å²) < 4.78 is 41.7. The van der Waals surface area contributed by atoms with Crippen molar-refractivity contribution >= 4 is 38.7 Å². The summed E-state index contributed by atoms with van der Waals surface area (Å²) in [6.07, 6.45) is 0. The normalized spacial score (nSPS) is 12.8. The molecule has 0 bridgehead atoms. The van der Waals surface area contributed by atoms with E-state index >= 15 is 0 Å². The number of aromatic nitrogens is 2. The van der Waals surface area contributed by atoms with Gasteiger partial charge in [-0.15, -0.1) is 0 Å². The molecule has 29 heavy (non-hydrogen) atoms. The van der Waals surface area contributed by atoms with E-state index in [1.807, 2.05) is 24.3 Å². The van der Waals surface area contributed by atoms with Crippen LogP contribution in [0, 0.1) is 5.92 Å². The lowest BCUT2D eigenvalue weighted by Gasteiger charge is -2.22. The van der Waals surface area contributed by atoms with Crippen molar-refractivity contribution in [2.75, 3.05) is 7.11 Å². The zero-order valence-electron chi connectivity index (χ0n) is 16.2. The van der Waals surface area contributed by atoms with Crippen LogP contribution in [0.2, 0.25) is 0 Å². The number of benzene rings is 2. The van der Waals surface area contributed by atoms with Gasteiger partial charge in [-0.1, -0.05) is 32.0 Å². The summed E-state index contributed by atoms with van der Waals surface area (Å²) in [5, 5.41) is 2.79.